The Labute approximate surface area is 120 Å². The number of hydrogen-bond donors (Lipinski definition) is 1. The Morgan fingerprint density at radius 3 is 3.11 bits per heavy atom. The maximum Gasteiger partial charge on any atom is 0.128 e. The Bertz CT molecular complexity index is 449. The molecule has 1 aromatic rings. The molecule has 1 saturated heterocycles. The van der Waals surface area contributed by atoms with Crippen LogP contribution in [0.15, 0.2) is 18.3 Å². The van der Waals surface area contributed by atoms with Crippen molar-refractivity contribution < 1.29 is 0 Å². The van der Waals surface area contributed by atoms with E-state index in [-0.39, 0.29) is 0 Å². The van der Waals surface area contributed by atoms with Gasteiger partial charge in [-0.1, -0.05) is 19.1 Å². The van der Waals surface area contributed by atoms with Crippen LogP contribution in [0.3, 0.4) is 0 Å². The summed E-state index contributed by atoms with van der Waals surface area (Å²) in [7, 11) is 2.08. The number of hydrogen-bond acceptors (Lipinski definition) is 4. The van der Waals surface area contributed by atoms with Crippen LogP contribution in [0.2, 0.25) is 0 Å². The predicted octanol–water partition coefficient (Wildman–Crippen LogP) is 1.64. The van der Waals surface area contributed by atoms with E-state index in [2.05, 4.69) is 28.8 Å². The molecule has 1 unspecified atom stereocenters. The summed E-state index contributed by atoms with van der Waals surface area (Å²) >= 11 is 5.01. The monoisotopic (exact) mass is 278 g/mol. The SMILES string of the molecule is CCN1CCCC1CN(C)c1cc(C(N)=S)ccn1. The highest BCUT2D eigenvalue weighted by Gasteiger charge is 2.24. The lowest BCUT2D eigenvalue weighted by Crippen LogP contribution is -2.39. The third-order valence-electron chi connectivity index (χ3n) is 3.81. The van der Waals surface area contributed by atoms with Gasteiger partial charge in [0.05, 0.1) is 0 Å². The lowest BCUT2D eigenvalue weighted by atomic mass is 10.2. The first kappa shape index (κ1) is 14.2. The maximum atomic E-state index is 5.67. The van der Waals surface area contributed by atoms with Gasteiger partial charge in [0, 0.05) is 31.4 Å². The molecule has 1 fully saturated rings. The zero-order valence-corrected chi connectivity index (χ0v) is 12.5. The molecule has 2 N–H and O–H groups in total. The number of nitrogens with two attached hydrogens (primary N) is 1. The molecule has 2 heterocycles. The normalized spacial score (nSPS) is 19.6. The van der Waals surface area contributed by atoms with Crippen LogP contribution in [0.5, 0.6) is 0 Å². The van der Waals surface area contributed by atoms with E-state index in [1.54, 1.807) is 6.20 Å². The standard InChI is InChI=1S/C14H22N4S/c1-3-18-8-4-5-12(18)10-17(2)13-9-11(14(15)19)6-7-16-13/h6-7,9,12H,3-5,8,10H2,1-2H3,(H2,15,19). The molecule has 104 valence electrons. The van der Waals surface area contributed by atoms with Gasteiger partial charge in [0.1, 0.15) is 10.8 Å². The van der Waals surface area contributed by atoms with Crippen LogP contribution < -0.4 is 10.6 Å². The van der Waals surface area contributed by atoms with E-state index in [4.69, 9.17) is 18.0 Å². The minimum atomic E-state index is 0.424. The summed E-state index contributed by atoms with van der Waals surface area (Å²) in [6.45, 7) is 5.57. The Kier molecular flexibility index (Phi) is 4.71. The molecule has 0 amide bonds. The van der Waals surface area contributed by atoms with Crippen LogP contribution in [-0.4, -0.2) is 47.6 Å². The van der Waals surface area contributed by atoms with Gasteiger partial charge in [0.2, 0.25) is 0 Å². The third kappa shape index (κ3) is 3.42. The van der Waals surface area contributed by atoms with Gasteiger partial charge in [-0.2, -0.15) is 0 Å². The molecule has 1 aliphatic rings. The molecule has 1 atom stereocenters. The van der Waals surface area contributed by atoms with E-state index in [9.17, 15) is 0 Å². The fraction of sp³-hybridized carbons (Fsp3) is 0.571. The minimum absolute atomic E-state index is 0.424. The van der Waals surface area contributed by atoms with E-state index in [0.29, 0.717) is 11.0 Å². The highest BCUT2D eigenvalue weighted by atomic mass is 32.1. The van der Waals surface area contributed by atoms with E-state index in [0.717, 1.165) is 24.5 Å². The third-order valence-corrected chi connectivity index (χ3v) is 4.05. The highest BCUT2D eigenvalue weighted by molar-refractivity contribution is 7.80. The summed E-state index contributed by atoms with van der Waals surface area (Å²) in [5, 5.41) is 0. The highest BCUT2D eigenvalue weighted by Crippen LogP contribution is 2.19. The molecule has 4 nitrogen and oxygen atoms in total. The van der Waals surface area contributed by atoms with Crippen molar-refractivity contribution in [3.63, 3.8) is 0 Å². The molecule has 19 heavy (non-hydrogen) atoms. The quantitative estimate of drug-likeness (QED) is 0.830. The molecular formula is C14H22N4S. The number of likely N-dealkylation sites (tertiary alicyclic amines) is 1. The van der Waals surface area contributed by atoms with Gasteiger partial charge in [-0.15, -0.1) is 0 Å². The summed E-state index contributed by atoms with van der Waals surface area (Å²) in [6, 6.07) is 4.45. The molecule has 0 aromatic carbocycles. The van der Waals surface area contributed by atoms with Gasteiger partial charge in [-0.25, -0.2) is 4.98 Å². The van der Waals surface area contributed by atoms with Crippen LogP contribution in [0.25, 0.3) is 0 Å². The summed E-state index contributed by atoms with van der Waals surface area (Å²) in [5.74, 6) is 0.938. The number of aromatic nitrogens is 1. The Morgan fingerprint density at radius 1 is 1.63 bits per heavy atom. The fourth-order valence-corrected chi connectivity index (χ4v) is 2.84. The van der Waals surface area contributed by atoms with Gasteiger partial charge in [0.15, 0.2) is 0 Å². The average molecular weight is 278 g/mol. The van der Waals surface area contributed by atoms with Gasteiger partial charge < -0.3 is 10.6 Å². The Hall–Kier alpha value is -1.20. The first-order valence-corrected chi connectivity index (χ1v) is 7.23. The second-order valence-electron chi connectivity index (χ2n) is 5.07. The predicted molar refractivity (Wildman–Crippen MR) is 83.7 cm³/mol. The number of likely N-dealkylation sites (N-methyl/N-ethyl adjacent to an activating group) is 2. The molecule has 0 radical (unpaired) electrons. The van der Waals surface area contributed by atoms with Crippen molar-refractivity contribution in [3.8, 4) is 0 Å². The van der Waals surface area contributed by atoms with Gasteiger partial charge in [-0.3, -0.25) is 4.90 Å². The molecule has 0 spiro atoms. The lowest BCUT2D eigenvalue weighted by molar-refractivity contribution is 0.270. The molecule has 1 aliphatic heterocycles. The van der Waals surface area contributed by atoms with E-state index in [1.807, 2.05) is 12.1 Å². The average Bonchev–Trinajstić information content (AvgIpc) is 2.86. The van der Waals surface area contributed by atoms with E-state index in [1.165, 1.54) is 19.4 Å². The first-order valence-electron chi connectivity index (χ1n) is 6.83. The first-order chi connectivity index (χ1) is 9.11. The van der Waals surface area contributed by atoms with Crippen molar-refractivity contribution in [1.29, 1.82) is 0 Å². The van der Waals surface area contributed by atoms with Crippen molar-refractivity contribution in [2.45, 2.75) is 25.8 Å². The van der Waals surface area contributed by atoms with Crippen LogP contribution in [0.4, 0.5) is 5.82 Å². The van der Waals surface area contributed by atoms with E-state index < -0.39 is 0 Å². The van der Waals surface area contributed by atoms with Gasteiger partial charge in [-0.05, 0) is 38.1 Å². The van der Waals surface area contributed by atoms with Crippen molar-refractivity contribution >= 4 is 23.0 Å². The zero-order chi connectivity index (χ0) is 13.8. The van der Waals surface area contributed by atoms with Crippen molar-refractivity contribution in [2.24, 2.45) is 5.73 Å². The van der Waals surface area contributed by atoms with Crippen molar-refractivity contribution in [2.75, 3.05) is 31.6 Å². The molecule has 1 aromatic heterocycles. The zero-order valence-electron chi connectivity index (χ0n) is 11.7. The topological polar surface area (TPSA) is 45.4 Å². The summed E-state index contributed by atoms with van der Waals surface area (Å²) in [6.07, 6.45) is 4.34. The number of rotatable bonds is 5. The van der Waals surface area contributed by atoms with Crippen LogP contribution in [0.1, 0.15) is 25.3 Å². The van der Waals surface area contributed by atoms with Crippen LogP contribution in [-0.2, 0) is 0 Å². The van der Waals surface area contributed by atoms with Crippen molar-refractivity contribution in [1.82, 2.24) is 9.88 Å². The fourth-order valence-electron chi connectivity index (χ4n) is 2.71. The van der Waals surface area contributed by atoms with E-state index >= 15 is 0 Å². The summed E-state index contributed by atoms with van der Waals surface area (Å²) < 4.78 is 0. The second kappa shape index (κ2) is 6.30. The summed E-state index contributed by atoms with van der Waals surface area (Å²) in [4.78, 5) is 9.56. The number of thiocarbonyl (C=S) groups is 1. The molecule has 0 bridgehead atoms. The number of pyridine rings is 1. The number of anilines is 1. The number of nitrogens with zero attached hydrogens (tertiary/aromatic N) is 3. The van der Waals surface area contributed by atoms with Crippen LogP contribution in [0, 0.1) is 0 Å². The Balaban J connectivity index is 2.05. The van der Waals surface area contributed by atoms with Gasteiger partial charge >= 0.3 is 0 Å². The molecule has 0 saturated carbocycles. The summed E-state index contributed by atoms with van der Waals surface area (Å²) in [5.41, 5.74) is 6.55. The maximum absolute atomic E-state index is 5.67. The smallest absolute Gasteiger partial charge is 0.128 e. The van der Waals surface area contributed by atoms with Crippen LogP contribution >= 0.6 is 12.2 Å². The second-order valence-corrected chi connectivity index (χ2v) is 5.51. The van der Waals surface area contributed by atoms with Gasteiger partial charge in [0.25, 0.3) is 0 Å². The largest absolute Gasteiger partial charge is 0.389 e. The molecule has 2 rings (SSSR count). The van der Waals surface area contributed by atoms with Crippen molar-refractivity contribution in [3.05, 3.63) is 23.9 Å². The lowest BCUT2D eigenvalue weighted by Gasteiger charge is -2.28. The molecule has 5 heteroatoms. The molecule has 0 aliphatic carbocycles. The Morgan fingerprint density at radius 2 is 2.42 bits per heavy atom. The molecular weight excluding hydrogens is 256 g/mol. The minimum Gasteiger partial charge on any atom is -0.389 e.